The molecule has 0 saturated carbocycles. The lowest BCUT2D eigenvalue weighted by molar-refractivity contribution is -0.384. The Bertz CT molecular complexity index is 1130. The minimum Gasteiger partial charge on any atom is -0.384 e. The van der Waals surface area contributed by atoms with Crippen LogP contribution in [0.3, 0.4) is 0 Å². The standard InChI is InChI=1S/C22H19N5O4/c23-20-13-18(11-12-24-20)26-22(29)17-6-1-16(2-7-17)14-25-21(28)10-5-15-3-8-19(9-4-15)27(30)31/h1-13H,14H2,(H,25,28)(H3,23,24,26,29). The van der Waals surface area contributed by atoms with Gasteiger partial charge in [0.25, 0.3) is 11.6 Å². The summed E-state index contributed by atoms with van der Waals surface area (Å²) in [6, 6.07) is 15.9. The number of anilines is 2. The molecule has 0 aliphatic rings. The minimum atomic E-state index is -0.482. The van der Waals surface area contributed by atoms with E-state index in [-0.39, 0.29) is 24.0 Å². The molecule has 0 spiro atoms. The summed E-state index contributed by atoms with van der Waals surface area (Å²) in [7, 11) is 0. The second-order valence-corrected chi connectivity index (χ2v) is 6.52. The van der Waals surface area contributed by atoms with Gasteiger partial charge in [0.1, 0.15) is 5.82 Å². The molecule has 4 N–H and O–H groups in total. The normalized spacial score (nSPS) is 10.6. The van der Waals surface area contributed by atoms with Gasteiger partial charge in [0.2, 0.25) is 5.91 Å². The predicted molar refractivity (Wildman–Crippen MR) is 117 cm³/mol. The van der Waals surface area contributed by atoms with Gasteiger partial charge in [-0.1, -0.05) is 12.1 Å². The minimum absolute atomic E-state index is 0.0105. The summed E-state index contributed by atoms with van der Waals surface area (Å²) in [4.78, 5) is 38.3. The summed E-state index contributed by atoms with van der Waals surface area (Å²) in [5.74, 6) is -0.283. The lowest BCUT2D eigenvalue weighted by Crippen LogP contribution is -2.20. The van der Waals surface area contributed by atoms with Gasteiger partial charge >= 0.3 is 0 Å². The van der Waals surface area contributed by atoms with Crippen LogP contribution in [0.15, 0.2) is 72.9 Å². The number of nitro groups is 1. The van der Waals surface area contributed by atoms with Crippen LogP contribution in [0.5, 0.6) is 0 Å². The average molecular weight is 417 g/mol. The van der Waals surface area contributed by atoms with Crippen molar-refractivity contribution < 1.29 is 14.5 Å². The first-order valence-corrected chi connectivity index (χ1v) is 9.23. The van der Waals surface area contributed by atoms with Crippen LogP contribution >= 0.6 is 0 Å². The van der Waals surface area contributed by atoms with E-state index in [4.69, 9.17) is 5.73 Å². The van der Waals surface area contributed by atoms with Crippen molar-refractivity contribution >= 4 is 35.1 Å². The van der Waals surface area contributed by atoms with E-state index in [0.29, 0.717) is 22.6 Å². The number of nitrogens with two attached hydrogens (primary N) is 1. The van der Waals surface area contributed by atoms with Gasteiger partial charge in [0, 0.05) is 48.3 Å². The number of pyridine rings is 1. The Morgan fingerprint density at radius 2 is 1.77 bits per heavy atom. The maximum absolute atomic E-state index is 12.3. The molecule has 1 aromatic heterocycles. The van der Waals surface area contributed by atoms with Gasteiger partial charge < -0.3 is 16.4 Å². The first kappa shape index (κ1) is 21.2. The molecule has 0 bridgehead atoms. The number of carbonyl (C=O) groups is 2. The fraction of sp³-hybridized carbons (Fsp3) is 0.0455. The number of amides is 2. The molecule has 0 fully saturated rings. The first-order valence-electron chi connectivity index (χ1n) is 9.23. The Morgan fingerprint density at radius 3 is 2.42 bits per heavy atom. The maximum Gasteiger partial charge on any atom is 0.269 e. The van der Waals surface area contributed by atoms with Crippen LogP contribution < -0.4 is 16.4 Å². The van der Waals surface area contributed by atoms with E-state index in [9.17, 15) is 19.7 Å². The number of hydrogen-bond acceptors (Lipinski definition) is 6. The number of hydrogen-bond donors (Lipinski definition) is 3. The third-order valence-corrected chi connectivity index (χ3v) is 4.25. The Labute approximate surface area is 177 Å². The molecule has 0 saturated heterocycles. The quantitative estimate of drug-likeness (QED) is 0.306. The molecule has 3 aromatic rings. The predicted octanol–water partition coefficient (Wildman–Crippen LogP) is 3.15. The highest BCUT2D eigenvalue weighted by atomic mass is 16.6. The zero-order chi connectivity index (χ0) is 22.2. The number of aromatic nitrogens is 1. The molecular weight excluding hydrogens is 398 g/mol. The molecule has 0 atom stereocenters. The van der Waals surface area contributed by atoms with Crippen LogP contribution in [0.1, 0.15) is 21.5 Å². The van der Waals surface area contributed by atoms with E-state index in [1.54, 1.807) is 54.6 Å². The smallest absolute Gasteiger partial charge is 0.269 e. The molecule has 0 radical (unpaired) electrons. The van der Waals surface area contributed by atoms with Crippen molar-refractivity contribution in [3.8, 4) is 0 Å². The van der Waals surface area contributed by atoms with Crippen molar-refractivity contribution in [3.05, 3.63) is 99.7 Å². The molecule has 9 heteroatoms. The van der Waals surface area contributed by atoms with Crippen LogP contribution in [0.25, 0.3) is 6.08 Å². The van der Waals surface area contributed by atoms with Crippen molar-refractivity contribution in [2.45, 2.75) is 6.54 Å². The topological polar surface area (TPSA) is 140 Å². The molecule has 0 aliphatic heterocycles. The van der Waals surface area contributed by atoms with Crippen molar-refractivity contribution in [2.24, 2.45) is 0 Å². The zero-order valence-corrected chi connectivity index (χ0v) is 16.3. The van der Waals surface area contributed by atoms with E-state index in [1.807, 2.05) is 0 Å². The van der Waals surface area contributed by atoms with Crippen LogP contribution in [0, 0.1) is 10.1 Å². The van der Waals surface area contributed by atoms with Crippen LogP contribution in [-0.2, 0) is 11.3 Å². The summed E-state index contributed by atoms with van der Waals surface area (Å²) >= 11 is 0. The fourth-order valence-corrected chi connectivity index (χ4v) is 2.63. The SMILES string of the molecule is Nc1cc(NC(=O)c2ccc(CNC(=O)C=Cc3ccc([N+](=O)[O-])cc3)cc2)ccn1. The highest BCUT2D eigenvalue weighted by Crippen LogP contribution is 2.13. The van der Waals surface area contributed by atoms with Gasteiger partial charge in [-0.25, -0.2) is 4.98 Å². The molecule has 1 heterocycles. The molecule has 0 unspecified atom stereocenters. The summed E-state index contributed by atoms with van der Waals surface area (Å²) < 4.78 is 0. The van der Waals surface area contributed by atoms with Crippen molar-refractivity contribution in [1.29, 1.82) is 0 Å². The van der Waals surface area contributed by atoms with Crippen LogP contribution in [0.2, 0.25) is 0 Å². The number of nitrogen functional groups attached to an aromatic ring is 1. The van der Waals surface area contributed by atoms with E-state index < -0.39 is 4.92 Å². The Kier molecular flexibility index (Phi) is 6.69. The monoisotopic (exact) mass is 417 g/mol. The number of nitro benzene ring substituents is 1. The Balaban J connectivity index is 1.50. The summed E-state index contributed by atoms with van der Waals surface area (Å²) in [6.07, 6.45) is 4.43. The number of rotatable bonds is 7. The van der Waals surface area contributed by atoms with Gasteiger partial charge in [-0.05, 0) is 47.5 Å². The number of benzene rings is 2. The van der Waals surface area contributed by atoms with Crippen molar-refractivity contribution in [3.63, 3.8) is 0 Å². The van der Waals surface area contributed by atoms with E-state index in [1.165, 1.54) is 24.4 Å². The number of nitrogens with zero attached hydrogens (tertiary/aromatic N) is 2. The number of non-ortho nitro benzene ring substituents is 1. The average Bonchev–Trinajstić information content (AvgIpc) is 2.77. The van der Waals surface area contributed by atoms with Crippen molar-refractivity contribution in [1.82, 2.24) is 10.3 Å². The lowest BCUT2D eigenvalue weighted by Gasteiger charge is -2.07. The Hall–Kier alpha value is -4.53. The molecule has 0 aliphatic carbocycles. The molecule has 156 valence electrons. The highest BCUT2D eigenvalue weighted by molar-refractivity contribution is 6.04. The van der Waals surface area contributed by atoms with Gasteiger partial charge in [-0.3, -0.25) is 19.7 Å². The van der Waals surface area contributed by atoms with Gasteiger partial charge in [0.05, 0.1) is 4.92 Å². The summed E-state index contributed by atoms with van der Waals surface area (Å²) in [5, 5.41) is 16.1. The second kappa shape index (κ2) is 9.79. The molecule has 2 aromatic carbocycles. The zero-order valence-electron chi connectivity index (χ0n) is 16.3. The van der Waals surface area contributed by atoms with E-state index >= 15 is 0 Å². The van der Waals surface area contributed by atoms with E-state index in [2.05, 4.69) is 15.6 Å². The van der Waals surface area contributed by atoms with Crippen LogP contribution in [0.4, 0.5) is 17.2 Å². The maximum atomic E-state index is 12.3. The van der Waals surface area contributed by atoms with Crippen molar-refractivity contribution in [2.75, 3.05) is 11.1 Å². The van der Waals surface area contributed by atoms with E-state index in [0.717, 1.165) is 5.56 Å². The summed E-state index contributed by atoms with van der Waals surface area (Å²) in [6.45, 7) is 0.284. The molecular formula is C22H19N5O4. The molecule has 2 amide bonds. The largest absolute Gasteiger partial charge is 0.384 e. The second-order valence-electron chi connectivity index (χ2n) is 6.52. The Morgan fingerprint density at radius 1 is 1.06 bits per heavy atom. The van der Waals surface area contributed by atoms with Gasteiger partial charge in [0.15, 0.2) is 0 Å². The fourth-order valence-electron chi connectivity index (χ4n) is 2.63. The molecule has 9 nitrogen and oxygen atoms in total. The third-order valence-electron chi connectivity index (χ3n) is 4.25. The first-order chi connectivity index (χ1) is 14.9. The lowest BCUT2D eigenvalue weighted by atomic mass is 10.1. The molecule has 31 heavy (non-hydrogen) atoms. The van der Waals surface area contributed by atoms with Gasteiger partial charge in [-0.15, -0.1) is 0 Å². The van der Waals surface area contributed by atoms with Crippen LogP contribution in [-0.4, -0.2) is 21.7 Å². The number of nitrogens with one attached hydrogen (secondary N) is 2. The number of carbonyl (C=O) groups excluding carboxylic acids is 2. The summed E-state index contributed by atoms with van der Waals surface area (Å²) in [5.41, 5.74) is 8.09. The van der Waals surface area contributed by atoms with Gasteiger partial charge in [-0.2, -0.15) is 0 Å². The third kappa shape index (κ3) is 6.23. The highest BCUT2D eigenvalue weighted by Gasteiger charge is 2.07. The molecule has 3 rings (SSSR count).